The van der Waals surface area contributed by atoms with Crippen LogP contribution in [-0.2, 0) is 28.6 Å². The molecular formula is C65H114O6. The van der Waals surface area contributed by atoms with Crippen molar-refractivity contribution in [3.05, 3.63) is 72.9 Å². The molecule has 0 aliphatic carbocycles. The Kier molecular flexibility index (Phi) is 56.8. The summed E-state index contributed by atoms with van der Waals surface area (Å²) in [7, 11) is 0. The molecule has 0 saturated carbocycles. The Morgan fingerprint density at radius 2 is 0.549 bits per heavy atom. The van der Waals surface area contributed by atoms with Crippen LogP contribution in [-0.4, -0.2) is 37.2 Å². The van der Waals surface area contributed by atoms with E-state index in [-0.39, 0.29) is 31.1 Å². The molecule has 6 nitrogen and oxygen atoms in total. The molecule has 6 heteroatoms. The van der Waals surface area contributed by atoms with Crippen molar-refractivity contribution < 1.29 is 28.6 Å². The first-order chi connectivity index (χ1) is 35.0. The van der Waals surface area contributed by atoms with Crippen molar-refractivity contribution in [1.82, 2.24) is 0 Å². The Hall–Kier alpha value is -3.15. The molecule has 0 aliphatic heterocycles. The second-order valence-electron chi connectivity index (χ2n) is 20.2. The fourth-order valence-corrected chi connectivity index (χ4v) is 8.64. The molecule has 0 aromatic heterocycles. The van der Waals surface area contributed by atoms with E-state index in [2.05, 4.69) is 93.7 Å². The van der Waals surface area contributed by atoms with Gasteiger partial charge in [-0.05, 0) is 89.9 Å². The van der Waals surface area contributed by atoms with Gasteiger partial charge in [-0.2, -0.15) is 0 Å². The quantitative estimate of drug-likeness (QED) is 0.0261. The summed E-state index contributed by atoms with van der Waals surface area (Å²) in [6.45, 7) is 6.53. The molecule has 71 heavy (non-hydrogen) atoms. The van der Waals surface area contributed by atoms with Crippen molar-refractivity contribution >= 4 is 17.9 Å². The van der Waals surface area contributed by atoms with Gasteiger partial charge in [0.15, 0.2) is 6.10 Å². The smallest absolute Gasteiger partial charge is 0.306 e. The van der Waals surface area contributed by atoms with Crippen molar-refractivity contribution in [2.75, 3.05) is 13.2 Å². The minimum absolute atomic E-state index is 0.0759. The van der Waals surface area contributed by atoms with Crippen LogP contribution in [0.2, 0.25) is 0 Å². The Bertz CT molecular complexity index is 1320. The summed E-state index contributed by atoms with van der Waals surface area (Å²) in [6, 6.07) is 0. The average Bonchev–Trinajstić information content (AvgIpc) is 3.37. The number of carbonyl (C=O) groups is 3. The fourth-order valence-electron chi connectivity index (χ4n) is 8.64. The first-order valence-corrected chi connectivity index (χ1v) is 30.4. The van der Waals surface area contributed by atoms with Gasteiger partial charge in [0.1, 0.15) is 13.2 Å². The highest BCUT2D eigenvalue weighted by molar-refractivity contribution is 5.71. The SMILES string of the molecule is CC/C=C\C/C=C\C/C=C\C/C=C\C/C=C\CCCCCCCCCCCCCC(=O)OCC(COC(=O)CCCCCCCCCCCCCCC)OC(=O)CCCCCCC/C=C\CCCCCC. The van der Waals surface area contributed by atoms with Gasteiger partial charge in [-0.25, -0.2) is 0 Å². The number of esters is 3. The van der Waals surface area contributed by atoms with Gasteiger partial charge in [0.2, 0.25) is 0 Å². The molecule has 0 fully saturated rings. The van der Waals surface area contributed by atoms with E-state index in [9.17, 15) is 14.4 Å². The molecular weight excluding hydrogens is 877 g/mol. The van der Waals surface area contributed by atoms with Gasteiger partial charge in [0.25, 0.3) is 0 Å². The van der Waals surface area contributed by atoms with Gasteiger partial charge in [-0.15, -0.1) is 0 Å². The molecule has 0 aromatic carbocycles. The zero-order valence-corrected chi connectivity index (χ0v) is 47.0. The molecule has 0 aromatic rings. The molecule has 1 atom stereocenters. The van der Waals surface area contributed by atoms with Crippen molar-refractivity contribution in [2.24, 2.45) is 0 Å². The highest BCUT2D eigenvalue weighted by Gasteiger charge is 2.19. The number of hydrogen-bond donors (Lipinski definition) is 0. The molecule has 0 aliphatic rings. The molecule has 0 bridgehead atoms. The lowest BCUT2D eigenvalue weighted by Gasteiger charge is -2.18. The largest absolute Gasteiger partial charge is 0.462 e. The topological polar surface area (TPSA) is 78.9 Å². The maximum Gasteiger partial charge on any atom is 0.306 e. The van der Waals surface area contributed by atoms with Crippen LogP contribution in [0.3, 0.4) is 0 Å². The highest BCUT2D eigenvalue weighted by atomic mass is 16.6. The van der Waals surface area contributed by atoms with E-state index in [4.69, 9.17) is 14.2 Å². The van der Waals surface area contributed by atoms with Crippen LogP contribution in [0, 0.1) is 0 Å². The normalized spacial score (nSPS) is 12.5. The average molecular weight is 992 g/mol. The fraction of sp³-hybridized carbons (Fsp3) is 0.769. The van der Waals surface area contributed by atoms with Gasteiger partial charge >= 0.3 is 17.9 Å². The maximum atomic E-state index is 12.8. The van der Waals surface area contributed by atoms with Crippen molar-refractivity contribution in [2.45, 2.75) is 309 Å². The van der Waals surface area contributed by atoms with E-state index in [1.54, 1.807) is 0 Å². The second kappa shape index (κ2) is 59.4. The summed E-state index contributed by atoms with van der Waals surface area (Å²) in [5.41, 5.74) is 0. The predicted octanol–water partition coefficient (Wildman–Crippen LogP) is 20.5. The Morgan fingerprint density at radius 1 is 0.296 bits per heavy atom. The van der Waals surface area contributed by atoms with Crippen LogP contribution in [0.1, 0.15) is 303 Å². The molecule has 1 unspecified atom stereocenters. The van der Waals surface area contributed by atoms with Crippen molar-refractivity contribution in [1.29, 1.82) is 0 Å². The zero-order valence-electron chi connectivity index (χ0n) is 47.0. The number of unbranched alkanes of at least 4 members (excludes halogenated alkanes) is 32. The van der Waals surface area contributed by atoms with Crippen LogP contribution in [0.15, 0.2) is 72.9 Å². The lowest BCUT2D eigenvalue weighted by atomic mass is 10.0. The van der Waals surface area contributed by atoms with Crippen LogP contribution in [0.5, 0.6) is 0 Å². The third kappa shape index (κ3) is 57.6. The van der Waals surface area contributed by atoms with E-state index in [0.29, 0.717) is 19.3 Å². The lowest BCUT2D eigenvalue weighted by molar-refractivity contribution is -0.167. The standard InChI is InChI=1S/C65H114O6/c1-4-7-10-13-16-19-22-25-26-27-28-29-30-31-32-33-34-35-36-37-38-41-43-46-49-52-55-58-64(67)70-61-62(71-65(68)59-56-53-50-47-44-40-24-21-18-15-12-9-6-3)60-69-63(66)57-54-51-48-45-42-39-23-20-17-14-11-8-5-2/h7,10,16,19,21,24-26,28-29,31-32,62H,4-6,8-9,11-15,17-18,20,22-23,27,30,33-61H2,1-3H3/b10-7-,19-16-,24-21-,26-25-,29-28-,32-31-. The monoisotopic (exact) mass is 991 g/mol. The summed E-state index contributed by atoms with van der Waals surface area (Å²) in [5, 5.41) is 0. The van der Waals surface area contributed by atoms with E-state index >= 15 is 0 Å². The van der Waals surface area contributed by atoms with Crippen LogP contribution in [0.25, 0.3) is 0 Å². The molecule has 0 N–H and O–H groups in total. The lowest BCUT2D eigenvalue weighted by Crippen LogP contribution is -2.30. The van der Waals surface area contributed by atoms with Gasteiger partial charge in [0, 0.05) is 19.3 Å². The highest BCUT2D eigenvalue weighted by Crippen LogP contribution is 2.16. The van der Waals surface area contributed by atoms with E-state index < -0.39 is 6.10 Å². The number of allylic oxidation sites excluding steroid dienone is 12. The number of carbonyl (C=O) groups excluding carboxylic acids is 3. The number of rotatable bonds is 55. The minimum Gasteiger partial charge on any atom is -0.462 e. The third-order valence-electron chi connectivity index (χ3n) is 13.2. The van der Waals surface area contributed by atoms with E-state index in [1.807, 2.05) is 0 Å². The van der Waals surface area contributed by atoms with Gasteiger partial charge in [0.05, 0.1) is 0 Å². The minimum atomic E-state index is -0.778. The molecule has 0 spiro atoms. The summed E-state index contributed by atoms with van der Waals surface area (Å²) < 4.78 is 16.9. The van der Waals surface area contributed by atoms with Crippen LogP contribution in [0.4, 0.5) is 0 Å². The summed E-state index contributed by atoms with van der Waals surface area (Å²) in [6.07, 6.45) is 76.1. The van der Waals surface area contributed by atoms with Crippen molar-refractivity contribution in [3.8, 4) is 0 Å². The number of ether oxygens (including phenoxy) is 3. The summed E-state index contributed by atoms with van der Waals surface area (Å²) in [4.78, 5) is 38.2. The number of hydrogen-bond acceptors (Lipinski definition) is 6. The zero-order chi connectivity index (χ0) is 51.4. The molecule has 0 heterocycles. The van der Waals surface area contributed by atoms with Gasteiger partial charge in [-0.1, -0.05) is 267 Å². The van der Waals surface area contributed by atoms with Crippen LogP contribution >= 0.6 is 0 Å². The maximum absolute atomic E-state index is 12.8. The molecule has 0 rings (SSSR count). The second-order valence-corrected chi connectivity index (χ2v) is 20.2. The predicted molar refractivity (Wildman–Crippen MR) is 307 cm³/mol. The molecule has 410 valence electrons. The summed E-state index contributed by atoms with van der Waals surface area (Å²) in [5.74, 6) is -0.876. The first kappa shape index (κ1) is 67.8. The van der Waals surface area contributed by atoms with E-state index in [1.165, 1.54) is 161 Å². The summed E-state index contributed by atoms with van der Waals surface area (Å²) >= 11 is 0. The van der Waals surface area contributed by atoms with Gasteiger partial charge < -0.3 is 14.2 Å². The molecule has 0 radical (unpaired) electrons. The molecule has 0 saturated heterocycles. The van der Waals surface area contributed by atoms with Gasteiger partial charge in [-0.3, -0.25) is 14.4 Å². The Labute approximate surface area is 440 Å². The van der Waals surface area contributed by atoms with Crippen LogP contribution < -0.4 is 0 Å². The van der Waals surface area contributed by atoms with E-state index in [0.717, 1.165) is 103 Å². The third-order valence-corrected chi connectivity index (χ3v) is 13.2. The Balaban J connectivity index is 4.24. The molecule has 0 amide bonds. The first-order valence-electron chi connectivity index (χ1n) is 30.4. The van der Waals surface area contributed by atoms with Crippen molar-refractivity contribution in [3.63, 3.8) is 0 Å². The Morgan fingerprint density at radius 3 is 0.887 bits per heavy atom.